The minimum Gasteiger partial charge on any atom is -0.481 e. The van der Waals surface area contributed by atoms with Crippen LogP contribution < -0.4 is 0 Å². The Bertz CT molecular complexity index is 351. The van der Waals surface area contributed by atoms with Gasteiger partial charge in [0.15, 0.2) is 0 Å². The fourth-order valence-electron chi connectivity index (χ4n) is 1.49. The summed E-state index contributed by atoms with van der Waals surface area (Å²) in [5.74, 6) is -1.94. The summed E-state index contributed by atoms with van der Waals surface area (Å²) < 4.78 is 0. The predicted molar refractivity (Wildman–Crippen MR) is 49.8 cm³/mol. The lowest BCUT2D eigenvalue weighted by atomic mass is 9.79. The van der Waals surface area contributed by atoms with Gasteiger partial charge < -0.3 is 10.2 Å². The summed E-state index contributed by atoms with van der Waals surface area (Å²) in [6.07, 6.45) is 3.19. The molecule has 0 heterocycles. The van der Waals surface area contributed by atoms with Crippen LogP contribution in [0.15, 0.2) is 23.3 Å². The number of rotatable bonds is 2. The number of aliphatic carboxylic acids is 2. The Balaban J connectivity index is 3.03. The number of carboxylic acid groups (broad SMARTS) is 2. The summed E-state index contributed by atoms with van der Waals surface area (Å²) in [6.45, 7) is 3.19. The van der Waals surface area contributed by atoms with Crippen LogP contribution >= 0.6 is 0 Å². The van der Waals surface area contributed by atoms with E-state index in [1.807, 2.05) is 0 Å². The van der Waals surface area contributed by atoms with Crippen molar-refractivity contribution in [1.82, 2.24) is 0 Å². The van der Waals surface area contributed by atoms with Crippen molar-refractivity contribution in [3.05, 3.63) is 23.3 Å². The number of hydrogen-bond acceptors (Lipinski definition) is 2. The molecular weight excluding hydrogens is 184 g/mol. The molecule has 1 unspecified atom stereocenters. The van der Waals surface area contributed by atoms with Crippen molar-refractivity contribution in [2.45, 2.75) is 20.3 Å². The van der Waals surface area contributed by atoms with Crippen LogP contribution in [0.25, 0.3) is 0 Å². The first kappa shape index (κ1) is 10.5. The van der Waals surface area contributed by atoms with E-state index in [1.54, 1.807) is 13.8 Å². The summed E-state index contributed by atoms with van der Waals surface area (Å²) >= 11 is 0. The van der Waals surface area contributed by atoms with Crippen LogP contribution in [0.4, 0.5) is 0 Å². The van der Waals surface area contributed by atoms with Gasteiger partial charge in [-0.25, -0.2) is 4.79 Å². The maximum atomic E-state index is 10.9. The normalized spacial score (nSPS) is 26.4. The quantitative estimate of drug-likeness (QED) is 0.700. The zero-order chi connectivity index (χ0) is 10.9. The van der Waals surface area contributed by atoms with Gasteiger partial charge in [0.1, 0.15) is 0 Å². The van der Waals surface area contributed by atoms with Crippen molar-refractivity contribution in [1.29, 1.82) is 0 Å². The molecule has 14 heavy (non-hydrogen) atoms. The summed E-state index contributed by atoms with van der Waals surface area (Å²) in [6, 6.07) is 0. The Morgan fingerprint density at radius 1 is 1.43 bits per heavy atom. The van der Waals surface area contributed by atoms with E-state index in [2.05, 4.69) is 0 Å². The van der Waals surface area contributed by atoms with E-state index in [0.717, 1.165) is 0 Å². The second kappa shape index (κ2) is 3.29. The van der Waals surface area contributed by atoms with Gasteiger partial charge in [-0.3, -0.25) is 4.79 Å². The van der Waals surface area contributed by atoms with Gasteiger partial charge in [0, 0.05) is 0 Å². The van der Waals surface area contributed by atoms with Crippen molar-refractivity contribution in [2.24, 2.45) is 5.41 Å². The predicted octanol–water partition coefficient (Wildman–Crippen LogP) is 1.44. The Morgan fingerprint density at radius 2 is 2.00 bits per heavy atom. The molecule has 0 spiro atoms. The SMILES string of the molecule is CC1=CC(C)(C(=O)O)CC=C1C(=O)O. The Kier molecular flexibility index (Phi) is 2.47. The van der Waals surface area contributed by atoms with Crippen molar-refractivity contribution in [3.63, 3.8) is 0 Å². The van der Waals surface area contributed by atoms with Crippen LogP contribution in [-0.4, -0.2) is 22.2 Å². The van der Waals surface area contributed by atoms with E-state index in [-0.39, 0.29) is 12.0 Å². The first-order valence-electron chi connectivity index (χ1n) is 4.23. The molecule has 4 nitrogen and oxygen atoms in total. The second-order valence-corrected chi connectivity index (χ2v) is 3.68. The van der Waals surface area contributed by atoms with Gasteiger partial charge in [-0.15, -0.1) is 0 Å². The van der Waals surface area contributed by atoms with Crippen LogP contribution in [0.1, 0.15) is 20.3 Å². The first-order valence-corrected chi connectivity index (χ1v) is 4.23. The second-order valence-electron chi connectivity index (χ2n) is 3.68. The molecule has 0 aromatic rings. The third-order valence-electron chi connectivity index (χ3n) is 2.41. The fraction of sp³-hybridized carbons (Fsp3) is 0.400. The zero-order valence-corrected chi connectivity index (χ0v) is 8.07. The van der Waals surface area contributed by atoms with Gasteiger partial charge in [0.2, 0.25) is 0 Å². The Hall–Kier alpha value is -1.58. The van der Waals surface area contributed by atoms with Crippen LogP contribution in [0.2, 0.25) is 0 Å². The van der Waals surface area contributed by atoms with E-state index in [9.17, 15) is 9.59 Å². The van der Waals surface area contributed by atoms with Gasteiger partial charge in [0.05, 0.1) is 11.0 Å². The number of hydrogen-bond donors (Lipinski definition) is 2. The molecule has 1 rings (SSSR count). The Labute approximate surface area is 81.6 Å². The summed E-state index contributed by atoms with van der Waals surface area (Å²) in [5.41, 5.74) is -0.263. The van der Waals surface area contributed by atoms with Crippen molar-refractivity contribution >= 4 is 11.9 Å². The molecule has 0 amide bonds. The fourth-order valence-corrected chi connectivity index (χ4v) is 1.49. The van der Waals surface area contributed by atoms with Gasteiger partial charge in [-0.1, -0.05) is 12.2 Å². The number of allylic oxidation sites excluding steroid dienone is 1. The number of carboxylic acids is 2. The van der Waals surface area contributed by atoms with Gasteiger partial charge in [-0.2, -0.15) is 0 Å². The van der Waals surface area contributed by atoms with Crippen molar-refractivity contribution in [3.8, 4) is 0 Å². The molecule has 76 valence electrons. The standard InChI is InChI=1S/C10H12O4/c1-6-5-10(2,9(13)14)4-3-7(6)8(11)12/h3,5H,4H2,1-2H3,(H,11,12)(H,13,14). The average molecular weight is 196 g/mol. The van der Waals surface area contributed by atoms with Crippen molar-refractivity contribution < 1.29 is 19.8 Å². The highest BCUT2D eigenvalue weighted by Gasteiger charge is 2.33. The van der Waals surface area contributed by atoms with E-state index < -0.39 is 17.4 Å². The highest BCUT2D eigenvalue weighted by Crippen LogP contribution is 2.33. The lowest BCUT2D eigenvalue weighted by Crippen LogP contribution is -2.27. The molecule has 2 N–H and O–H groups in total. The molecule has 1 aliphatic carbocycles. The zero-order valence-electron chi connectivity index (χ0n) is 8.07. The van der Waals surface area contributed by atoms with Gasteiger partial charge in [0.25, 0.3) is 0 Å². The monoisotopic (exact) mass is 196 g/mol. The average Bonchev–Trinajstić information content (AvgIpc) is 2.02. The molecule has 1 aliphatic rings. The lowest BCUT2D eigenvalue weighted by Gasteiger charge is -2.24. The molecule has 0 radical (unpaired) electrons. The molecular formula is C10H12O4. The van der Waals surface area contributed by atoms with E-state index >= 15 is 0 Å². The minimum atomic E-state index is -1.01. The highest BCUT2D eigenvalue weighted by atomic mass is 16.4. The van der Waals surface area contributed by atoms with Crippen molar-refractivity contribution in [2.75, 3.05) is 0 Å². The third kappa shape index (κ3) is 1.69. The molecule has 0 bridgehead atoms. The van der Waals surface area contributed by atoms with Gasteiger partial charge >= 0.3 is 11.9 Å². The minimum absolute atomic E-state index is 0.198. The summed E-state index contributed by atoms with van der Waals surface area (Å²) in [4.78, 5) is 21.6. The first-order chi connectivity index (χ1) is 6.37. The van der Waals surface area contributed by atoms with E-state index in [1.165, 1.54) is 12.2 Å². The molecule has 0 saturated carbocycles. The van der Waals surface area contributed by atoms with E-state index in [0.29, 0.717) is 5.57 Å². The smallest absolute Gasteiger partial charge is 0.335 e. The van der Waals surface area contributed by atoms with Crippen LogP contribution in [0.5, 0.6) is 0 Å². The van der Waals surface area contributed by atoms with Crippen LogP contribution in [0.3, 0.4) is 0 Å². The topological polar surface area (TPSA) is 74.6 Å². The molecule has 0 fully saturated rings. The molecule has 0 saturated heterocycles. The maximum absolute atomic E-state index is 10.9. The molecule has 0 aromatic carbocycles. The maximum Gasteiger partial charge on any atom is 0.335 e. The third-order valence-corrected chi connectivity index (χ3v) is 2.41. The van der Waals surface area contributed by atoms with Crippen LogP contribution in [0, 0.1) is 5.41 Å². The Morgan fingerprint density at radius 3 is 2.36 bits per heavy atom. The van der Waals surface area contributed by atoms with E-state index in [4.69, 9.17) is 10.2 Å². The van der Waals surface area contributed by atoms with Gasteiger partial charge in [-0.05, 0) is 25.8 Å². The molecule has 0 aromatic heterocycles. The van der Waals surface area contributed by atoms with Crippen LogP contribution in [-0.2, 0) is 9.59 Å². The summed E-state index contributed by atoms with van der Waals surface area (Å²) in [5, 5.41) is 17.7. The molecule has 4 heteroatoms. The largest absolute Gasteiger partial charge is 0.481 e. The highest BCUT2D eigenvalue weighted by molar-refractivity contribution is 5.93. The molecule has 0 aliphatic heterocycles. The number of carbonyl (C=O) groups is 2. The summed E-state index contributed by atoms with van der Waals surface area (Å²) in [7, 11) is 0. The lowest BCUT2D eigenvalue weighted by molar-refractivity contribution is -0.145. The molecule has 1 atom stereocenters.